The second-order valence-corrected chi connectivity index (χ2v) is 6.00. The number of hydrazine groups is 1. The summed E-state index contributed by atoms with van der Waals surface area (Å²) in [5.74, 6) is -0.780. The van der Waals surface area contributed by atoms with Crippen molar-refractivity contribution in [3.8, 4) is 11.5 Å². The van der Waals surface area contributed by atoms with Crippen molar-refractivity contribution in [3.05, 3.63) is 88.7 Å². The highest BCUT2D eigenvalue weighted by atomic mass is 16.4. The first-order valence-corrected chi connectivity index (χ1v) is 8.46. The van der Waals surface area contributed by atoms with E-state index in [9.17, 15) is 9.59 Å². The molecule has 0 radical (unpaired) electrons. The lowest BCUT2D eigenvalue weighted by Gasteiger charge is -2.13. The normalized spacial score (nSPS) is 10.6. The van der Waals surface area contributed by atoms with Gasteiger partial charge < -0.3 is 20.4 Å². The summed E-state index contributed by atoms with van der Waals surface area (Å²) in [6.07, 6.45) is 0. The van der Waals surface area contributed by atoms with Gasteiger partial charge in [0.15, 0.2) is 0 Å². The Morgan fingerprint density at radius 1 is 0.893 bits per heavy atom. The number of carboxylic acids is 1. The zero-order valence-electron chi connectivity index (χ0n) is 14.5. The molecule has 1 aromatic heterocycles. The summed E-state index contributed by atoms with van der Waals surface area (Å²) < 4.78 is 5.82. The number of carbonyl (C=O) groups is 1. The summed E-state index contributed by atoms with van der Waals surface area (Å²) in [6, 6.07) is 20.5. The van der Waals surface area contributed by atoms with Crippen LogP contribution in [0.3, 0.4) is 0 Å². The number of fused-ring (bicyclic) bond motifs is 1. The molecule has 3 aromatic carbocycles. The second kappa shape index (κ2) is 7.24. The first kappa shape index (κ1) is 17.3. The van der Waals surface area contributed by atoms with Gasteiger partial charge in [0, 0.05) is 0 Å². The SMILES string of the molecule is O=C(O)c1ccc(NNc2ccccc2-c2nc(=O)c3ccccc3o2)cc1. The minimum atomic E-state index is -0.984. The van der Waals surface area contributed by atoms with Gasteiger partial charge in [-0.15, -0.1) is 0 Å². The monoisotopic (exact) mass is 373 g/mol. The van der Waals surface area contributed by atoms with Crippen LogP contribution in [0, 0.1) is 0 Å². The molecule has 0 spiro atoms. The van der Waals surface area contributed by atoms with Crippen LogP contribution >= 0.6 is 0 Å². The Balaban J connectivity index is 1.64. The maximum Gasteiger partial charge on any atom is 0.335 e. The number of carboxylic acid groups (broad SMARTS) is 1. The first-order valence-electron chi connectivity index (χ1n) is 8.46. The molecule has 7 nitrogen and oxygen atoms in total. The lowest BCUT2D eigenvalue weighted by atomic mass is 10.1. The fourth-order valence-corrected chi connectivity index (χ4v) is 2.74. The van der Waals surface area contributed by atoms with E-state index in [1.807, 2.05) is 18.2 Å². The van der Waals surface area contributed by atoms with Crippen LogP contribution < -0.4 is 16.4 Å². The van der Waals surface area contributed by atoms with E-state index in [1.165, 1.54) is 12.1 Å². The van der Waals surface area contributed by atoms with Gasteiger partial charge in [-0.2, -0.15) is 4.98 Å². The molecule has 3 N–H and O–H groups in total. The molecule has 7 heteroatoms. The summed E-state index contributed by atoms with van der Waals surface area (Å²) in [5.41, 5.74) is 8.28. The Labute approximate surface area is 159 Å². The molecular formula is C21H15N3O4. The molecule has 0 aliphatic heterocycles. The predicted molar refractivity (Wildman–Crippen MR) is 106 cm³/mol. The van der Waals surface area contributed by atoms with E-state index in [0.717, 1.165) is 0 Å². The zero-order chi connectivity index (χ0) is 19.5. The summed E-state index contributed by atoms with van der Waals surface area (Å²) in [5, 5.41) is 9.39. The van der Waals surface area contributed by atoms with Crippen LogP contribution in [0.25, 0.3) is 22.4 Å². The van der Waals surface area contributed by atoms with Crippen LogP contribution in [0.4, 0.5) is 11.4 Å². The number of benzene rings is 3. The van der Waals surface area contributed by atoms with Crippen LogP contribution in [0.15, 0.2) is 82.0 Å². The van der Waals surface area contributed by atoms with E-state index in [-0.39, 0.29) is 17.0 Å². The van der Waals surface area contributed by atoms with E-state index in [4.69, 9.17) is 9.52 Å². The van der Waals surface area contributed by atoms with Crippen LogP contribution in [0.5, 0.6) is 0 Å². The highest BCUT2D eigenvalue weighted by Crippen LogP contribution is 2.27. The Kier molecular flexibility index (Phi) is 4.47. The molecule has 1 heterocycles. The molecule has 138 valence electrons. The van der Waals surface area contributed by atoms with Crippen LogP contribution in [0.1, 0.15) is 10.4 Å². The third-order valence-electron chi connectivity index (χ3n) is 4.16. The minimum Gasteiger partial charge on any atom is -0.478 e. The molecule has 0 atom stereocenters. The van der Waals surface area contributed by atoms with Crippen molar-refractivity contribution >= 4 is 28.3 Å². The van der Waals surface area contributed by atoms with Gasteiger partial charge in [-0.25, -0.2) is 4.79 Å². The number of nitrogens with one attached hydrogen (secondary N) is 2. The second-order valence-electron chi connectivity index (χ2n) is 6.00. The Morgan fingerprint density at radius 2 is 1.61 bits per heavy atom. The van der Waals surface area contributed by atoms with Crippen molar-refractivity contribution in [1.29, 1.82) is 0 Å². The van der Waals surface area contributed by atoms with Crippen molar-refractivity contribution in [2.45, 2.75) is 0 Å². The lowest BCUT2D eigenvalue weighted by molar-refractivity contribution is 0.0697. The molecule has 0 saturated carbocycles. The van der Waals surface area contributed by atoms with E-state index < -0.39 is 5.97 Å². The smallest absolute Gasteiger partial charge is 0.335 e. The van der Waals surface area contributed by atoms with E-state index >= 15 is 0 Å². The van der Waals surface area contributed by atoms with Gasteiger partial charge in [0.2, 0.25) is 5.89 Å². The van der Waals surface area contributed by atoms with Gasteiger partial charge in [-0.3, -0.25) is 4.79 Å². The number of para-hydroxylation sites is 2. The number of hydrogen-bond donors (Lipinski definition) is 3. The van der Waals surface area contributed by atoms with Crippen molar-refractivity contribution in [1.82, 2.24) is 4.98 Å². The largest absolute Gasteiger partial charge is 0.478 e. The van der Waals surface area contributed by atoms with Crippen molar-refractivity contribution in [3.63, 3.8) is 0 Å². The van der Waals surface area contributed by atoms with Crippen LogP contribution in [0.2, 0.25) is 0 Å². The number of anilines is 2. The quantitative estimate of drug-likeness (QED) is 0.454. The van der Waals surface area contributed by atoms with Gasteiger partial charge in [-0.05, 0) is 48.5 Å². The molecule has 0 fully saturated rings. The van der Waals surface area contributed by atoms with Crippen LogP contribution in [-0.2, 0) is 0 Å². The number of aromatic nitrogens is 1. The Bertz CT molecular complexity index is 1220. The Morgan fingerprint density at radius 3 is 2.39 bits per heavy atom. The molecular weight excluding hydrogens is 358 g/mol. The maximum absolute atomic E-state index is 12.3. The standard InChI is InChI=1S/C21H15N3O4/c25-19-16-6-2-4-8-18(16)28-20(22-19)15-5-1-3-7-17(15)24-23-14-11-9-13(10-12-14)21(26)27/h1-12,23-24H,(H,26,27). The summed E-state index contributed by atoms with van der Waals surface area (Å²) in [4.78, 5) is 27.3. The molecule has 4 rings (SSSR count). The predicted octanol–water partition coefficient (Wildman–Crippen LogP) is 3.99. The summed E-state index contributed by atoms with van der Waals surface area (Å²) >= 11 is 0. The number of aromatic carboxylic acids is 1. The fraction of sp³-hybridized carbons (Fsp3) is 0. The molecule has 4 aromatic rings. The number of rotatable bonds is 5. The number of hydrogen-bond acceptors (Lipinski definition) is 6. The van der Waals surface area contributed by atoms with Gasteiger partial charge in [0.25, 0.3) is 5.56 Å². The highest BCUT2D eigenvalue weighted by Gasteiger charge is 2.12. The first-order chi connectivity index (χ1) is 13.6. The molecule has 0 saturated heterocycles. The summed E-state index contributed by atoms with van der Waals surface area (Å²) in [6.45, 7) is 0. The van der Waals surface area contributed by atoms with Crippen molar-refractivity contribution < 1.29 is 14.3 Å². The highest BCUT2D eigenvalue weighted by molar-refractivity contribution is 5.88. The number of nitrogens with zero attached hydrogens (tertiary/aromatic N) is 1. The maximum atomic E-state index is 12.3. The average molecular weight is 373 g/mol. The molecule has 0 unspecified atom stereocenters. The average Bonchev–Trinajstić information content (AvgIpc) is 2.73. The topological polar surface area (TPSA) is 104 Å². The third-order valence-corrected chi connectivity index (χ3v) is 4.16. The molecule has 28 heavy (non-hydrogen) atoms. The lowest BCUT2D eigenvalue weighted by Crippen LogP contribution is -2.11. The van der Waals surface area contributed by atoms with Gasteiger partial charge in [0.05, 0.1) is 27.9 Å². The molecule has 0 aliphatic carbocycles. The molecule has 0 bridgehead atoms. The molecule has 0 amide bonds. The van der Waals surface area contributed by atoms with E-state index in [2.05, 4.69) is 15.8 Å². The van der Waals surface area contributed by atoms with Gasteiger partial charge >= 0.3 is 5.97 Å². The van der Waals surface area contributed by atoms with Crippen molar-refractivity contribution in [2.75, 3.05) is 10.9 Å². The van der Waals surface area contributed by atoms with Crippen molar-refractivity contribution in [2.24, 2.45) is 0 Å². The Hall–Kier alpha value is -4.13. The van der Waals surface area contributed by atoms with E-state index in [1.54, 1.807) is 42.5 Å². The third kappa shape index (κ3) is 3.41. The van der Waals surface area contributed by atoms with Gasteiger partial charge in [-0.1, -0.05) is 24.3 Å². The van der Waals surface area contributed by atoms with Gasteiger partial charge in [0.1, 0.15) is 5.58 Å². The van der Waals surface area contributed by atoms with Crippen LogP contribution in [-0.4, -0.2) is 16.1 Å². The fourth-order valence-electron chi connectivity index (χ4n) is 2.74. The summed E-state index contributed by atoms with van der Waals surface area (Å²) in [7, 11) is 0. The minimum absolute atomic E-state index is 0.202. The zero-order valence-corrected chi connectivity index (χ0v) is 14.5. The molecule has 0 aliphatic rings. The van der Waals surface area contributed by atoms with E-state index in [0.29, 0.717) is 27.9 Å².